The molecule has 0 aliphatic carbocycles. The zero-order valence-electron chi connectivity index (χ0n) is 16.8. The first-order chi connectivity index (χ1) is 13.4. The van der Waals surface area contributed by atoms with Gasteiger partial charge < -0.3 is 15.0 Å². The third-order valence-electron chi connectivity index (χ3n) is 5.21. The van der Waals surface area contributed by atoms with E-state index in [1.807, 2.05) is 30.9 Å². The number of amides is 2. The predicted molar refractivity (Wildman–Crippen MR) is 106 cm³/mol. The molecule has 3 rings (SSSR count). The molecule has 0 radical (unpaired) electrons. The van der Waals surface area contributed by atoms with Crippen molar-refractivity contribution in [1.29, 1.82) is 0 Å². The van der Waals surface area contributed by atoms with Crippen LogP contribution in [0, 0.1) is 13.8 Å². The van der Waals surface area contributed by atoms with E-state index in [4.69, 9.17) is 4.74 Å². The molecule has 2 heterocycles. The highest BCUT2D eigenvalue weighted by molar-refractivity contribution is 5.94. The van der Waals surface area contributed by atoms with Crippen LogP contribution in [0.4, 0.5) is 0 Å². The molecule has 1 aliphatic rings. The SMILES string of the molecule is CNC(=O)Cc1c(C)nc(C2CCN(C(=O)c3cccc(OC)c3)C2)nc1C. The van der Waals surface area contributed by atoms with Crippen molar-refractivity contribution < 1.29 is 14.3 Å². The molecule has 2 aromatic rings. The number of nitrogens with one attached hydrogen (secondary N) is 1. The van der Waals surface area contributed by atoms with Gasteiger partial charge >= 0.3 is 0 Å². The molecular formula is C21H26N4O3. The fraction of sp³-hybridized carbons (Fsp3) is 0.429. The maximum absolute atomic E-state index is 12.8. The average molecular weight is 382 g/mol. The fourth-order valence-electron chi connectivity index (χ4n) is 3.55. The van der Waals surface area contributed by atoms with Gasteiger partial charge in [0.2, 0.25) is 5.91 Å². The van der Waals surface area contributed by atoms with E-state index in [-0.39, 0.29) is 24.2 Å². The first-order valence-corrected chi connectivity index (χ1v) is 9.40. The van der Waals surface area contributed by atoms with Crippen LogP contribution >= 0.6 is 0 Å². The number of rotatable bonds is 5. The summed E-state index contributed by atoms with van der Waals surface area (Å²) in [5, 5.41) is 2.63. The van der Waals surface area contributed by atoms with E-state index in [0.29, 0.717) is 24.4 Å². The standard InChI is InChI=1S/C21H26N4O3/c1-13-18(11-19(26)22-3)14(2)24-20(23-13)16-8-9-25(12-16)21(27)15-6-5-7-17(10-15)28-4/h5-7,10,16H,8-9,11-12H2,1-4H3,(H,22,26). The van der Waals surface area contributed by atoms with E-state index in [1.165, 1.54) is 0 Å². The Labute approximate surface area is 165 Å². The van der Waals surface area contributed by atoms with Gasteiger partial charge in [-0.05, 0) is 38.5 Å². The summed E-state index contributed by atoms with van der Waals surface area (Å²) in [6, 6.07) is 7.20. The third kappa shape index (κ3) is 4.13. The molecule has 1 saturated heterocycles. The monoisotopic (exact) mass is 382 g/mol. The third-order valence-corrected chi connectivity index (χ3v) is 5.21. The van der Waals surface area contributed by atoms with E-state index in [0.717, 1.165) is 29.2 Å². The topological polar surface area (TPSA) is 84.4 Å². The smallest absolute Gasteiger partial charge is 0.254 e. The van der Waals surface area contributed by atoms with Crippen molar-refractivity contribution in [2.45, 2.75) is 32.6 Å². The summed E-state index contributed by atoms with van der Waals surface area (Å²) >= 11 is 0. The van der Waals surface area contributed by atoms with Crippen LogP contribution in [0.5, 0.6) is 5.75 Å². The summed E-state index contributed by atoms with van der Waals surface area (Å²) < 4.78 is 5.21. The minimum absolute atomic E-state index is 0.00826. The summed E-state index contributed by atoms with van der Waals surface area (Å²) in [7, 11) is 3.21. The molecule has 28 heavy (non-hydrogen) atoms. The highest BCUT2D eigenvalue weighted by Gasteiger charge is 2.30. The number of hydrogen-bond donors (Lipinski definition) is 1. The number of hydrogen-bond acceptors (Lipinski definition) is 5. The molecule has 1 aromatic carbocycles. The van der Waals surface area contributed by atoms with Gasteiger partial charge in [-0.25, -0.2) is 9.97 Å². The Bertz CT molecular complexity index is 874. The van der Waals surface area contributed by atoms with Crippen molar-refractivity contribution >= 4 is 11.8 Å². The number of ether oxygens (including phenoxy) is 1. The number of aromatic nitrogens is 2. The number of nitrogens with zero attached hydrogens (tertiary/aromatic N) is 3. The second kappa shape index (κ2) is 8.37. The van der Waals surface area contributed by atoms with Gasteiger partial charge in [0.1, 0.15) is 11.6 Å². The van der Waals surface area contributed by atoms with E-state index >= 15 is 0 Å². The van der Waals surface area contributed by atoms with Crippen molar-refractivity contribution in [2.75, 3.05) is 27.2 Å². The number of likely N-dealkylation sites (N-methyl/N-ethyl adjacent to an activating group) is 1. The number of likely N-dealkylation sites (tertiary alicyclic amines) is 1. The Morgan fingerprint density at radius 1 is 1.25 bits per heavy atom. The Hall–Kier alpha value is -2.96. The molecule has 7 heteroatoms. The summed E-state index contributed by atoms with van der Waals surface area (Å²) in [4.78, 5) is 35.7. The minimum Gasteiger partial charge on any atom is -0.497 e. The number of benzene rings is 1. The molecule has 1 aromatic heterocycles. The Morgan fingerprint density at radius 2 is 1.96 bits per heavy atom. The van der Waals surface area contributed by atoms with Crippen molar-refractivity contribution in [3.05, 3.63) is 52.6 Å². The van der Waals surface area contributed by atoms with Crippen LogP contribution in [-0.4, -0.2) is 53.9 Å². The summed E-state index contributed by atoms with van der Waals surface area (Å²) in [6.07, 6.45) is 1.10. The van der Waals surface area contributed by atoms with Crippen molar-refractivity contribution in [2.24, 2.45) is 0 Å². The molecule has 0 spiro atoms. The van der Waals surface area contributed by atoms with Gasteiger partial charge in [0.15, 0.2) is 0 Å². The quantitative estimate of drug-likeness (QED) is 0.855. The Morgan fingerprint density at radius 3 is 2.61 bits per heavy atom. The Balaban J connectivity index is 1.74. The fourth-order valence-corrected chi connectivity index (χ4v) is 3.55. The van der Waals surface area contributed by atoms with Crippen molar-refractivity contribution in [3.63, 3.8) is 0 Å². The molecule has 1 atom stereocenters. The highest BCUT2D eigenvalue weighted by Crippen LogP contribution is 2.28. The summed E-state index contributed by atoms with van der Waals surface area (Å²) in [5.41, 5.74) is 3.13. The van der Waals surface area contributed by atoms with Gasteiger partial charge in [-0.15, -0.1) is 0 Å². The number of carbonyl (C=O) groups excluding carboxylic acids is 2. The lowest BCUT2D eigenvalue weighted by molar-refractivity contribution is -0.119. The van der Waals surface area contributed by atoms with Gasteiger partial charge in [-0.1, -0.05) is 6.07 Å². The molecule has 148 valence electrons. The molecule has 7 nitrogen and oxygen atoms in total. The first kappa shape index (κ1) is 19.8. The van der Waals surface area contributed by atoms with Gasteiger partial charge in [-0.3, -0.25) is 9.59 Å². The average Bonchev–Trinajstić information content (AvgIpc) is 3.20. The lowest BCUT2D eigenvalue weighted by Crippen LogP contribution is -2.28. The van der Waals surface area contributed by atoms with Gasteiger partial charge in [-0.2, -0.15) is 0 Å². The van der Waals surface area contributed by atoms with E-state index < -0.39 is 0 Å². The normalized spacial score (nSPS) is 16.1. The maximum atomic E-state index is 12.8. The molecule has 1 unspecified atom stereocenters. The first-order valence-electron chi connectivity index (χ1n) is 9.40. The summed E-state index contributed by atoms with van der Waals surface area (Å²) in [5.74, 6) is 1.45. The lowest BCUT2D eigenvalue weighted by Gasteiger charge is -2.17. The van der Waals surface area contributed by atoms with Gasteiger partial charge in [0, 0.05) is 48.6 Å². The molecule has 0 bridgehead atoms. The molecule has 0 saturated carbocycles. The molecule has 1 N–H and O–H groups in total. The van der Waals surface area contributed by atoms with Crippen LogP contribution in [-0.2, 0) is 11.2 Å². The molecule has 2 amide bonds. The number of methoxy groups -OCH3 is 1. The van der Waals surface area contributed by atoms with E-state index in [9.17, 15) is 9.59 Å². The molecule has 1 fully saturated rings. The number of carbonyl (C=O) groups is 2. The van der Waals surface area contributed by atoms with Gasteiger partial charge in [0.25, 0.3) is 5.91 Å². The number of aryl methyl sites for hydroxylation is 2. The second-order valence-corrected chi connectivity index (χ2v) is 7.05. The maximum Gasteiger partial charge on any atom is 0.254 e. The van der Waals surface area contributed by atoms with E-state index in [2.05, 4.69) is 15.3 Å². The van der Waals surface area contributed by atoms with Gasteiger partial charge in [0.05, 0.1) is 13.5 Å². The van der Waals surface area contributed by atoms with Crippen LogP contribution in [0.15, 0.2) is 24.3 Å². The minimum atomic E-state index is -0.0570. The van der Waals surface area contributed by atoms with Crippen LogP contribution < -0.4 is 10.1 Å². The van der Waals surface area contributed by atoms with Crippen LogP contribution in [0.25, 0.3) is 0 Å². The van der Waals surface area contributed by atoms with E-state index in [1.54, 1.807) is 26.3 Å². The second-order valence-electron chi connectivity index (χ2n) is 7.05. The van der Waals surface area contributed by atoms with Crippen LogP contribution in [0.3, 0.4) is 0 Å². The largest absolute Gasteiger partial charge is 0.497 e. The molecular weight excluding hydrogens is 356 g/mol. The van der Waals surface area contributed by atoms with Crippen molar-refractivity contribution in [1.82, 2.24) is 20.2 Å². The van der Waals surface area contributed by atoms with Crippen molar-refractivity contribution in [3.8, 4) is 5.75 Å². The highest BCUT2D eigenvalue weighted by atomic mass is 16.5. The van der Waals surface area contributed by atoms with Crippen LogP contribution in [0.1, 0.15) is 45.5 Å². The molecule has 1 aliphatic heterocycles. The summed E-state index contributed by atoms with van der Waals surface area (Å²) in [6.45, 7) is 5.07. The lowest BCUT2D eigenvalue weighted by atomic mass is 10.0. The van der Waals surface area contributed by atoms with Crippen LogP contribution in [0.2, 0.25) is 0 Å². The Kier molecular flexibility index (Phi) is 5.92. The zero-order valence-corrected chi connectivity index (χ0v) is 16.8. The predicted octanol–water partition coefficient (Wildman–Crippen LogP) is 2.02. The zero-order chi connectivity index (χ0) is 20.3.